The van der Waals surface area contributed by atoms with Gasteiger partial charge in [0, 0.05) is 30.1 Å². The van der Waals surface area contributed by atoms with Crippen molar-refractivity contribution in [1.82, 2.24) is 10.2 Å². The number of nitrogens with zero attached hydrogens (tertiary/aromatic N) is 1. The Bertz CT molecular complexity index is 537. The van der Waals surface area contributed by atoms with Gasteiger partial charge in [-0.05, 0) is 36.6 Å². The van der Waals surface area contributed by atoms with Crippen LogP contribution >= 0.6 is 23.2 Å². The van der Waals surface area contributed by atoms with Gasteiger partial charge in [-0.15, -0.1) is 0 Å². The molecule has 1 fully saturated rings. The Balaban J connectivity index is 2.03. The van der Waals surface area contributed by atoms with Gasteiger partial charge in [-0.1, -0.05) is 23.2 Å². The number of benzene rings is 1. The molecular formula is C14H16Cl2N2O2. The Hall–Kier alpha value is -1.26. The summed E-state index contributed by atoms with van der Waals surface area (Å²) in [5, 5.41) is 3.94. The van der Waals surface area contributed by atoms with E-state index in [2.05, 4.69) is 5.32 Å². The van der Waals surface area contributed by atoms with Crippen molar-refractivity contribution in [2.75, 3.05) is 7.05 Å². The third-order valence-corrected chi connectivity index (χ3v) is 4.17. The molecule has 1 aliphatic rings. The second-order valence-corrected chi connectivity index (χ2v) is 5.80. The van der Waals surface area contributed by atoms with Gasteiger partial charge in [0.2, 0.25) is 11.8 Å². The van der Waals surface area contributed by atoms with Crippen molar-refractivity contribution in [3.8, 4) is 0 Å². The summed E-state index contributed by atoms with van der Waals surface area (Å²) in [7, 11) is 1.65. The monoisotopic (exact) mass is 314 g/mol. The SMILES string of the molecule is Cc1cc(Cl)cc(Cl)c1CNC(=O)[C@@H]1CCC(=O)N1C. The van der Waals surface area contributed by atoms with E-state index in [0.29, 0.717) is 29.4 Å². The number of nitrogens with one attached hydrogen (secondary N) is 1. The summed E-state index contributed by atoms with van der Waals surface area (Å²) in [6.45, 7) is 2.23. The predicted molar refractivity (Wildman–Crippen MR) is 78.8 cm³/mol. The molecular weight excluding hydrogens is 299 g/mol. The van der Waals surface area contributed by atoms with E-state index in [-0.39, 0.29) is 17.9 Å². The highest BCUT2D eigenvalue weighted by molar-refractivity contribution is 6.35. The van der Waals surface area contributed by atoms with Gasteiger partial charge in [0.05, 0.1) is 0 Å². The molecule has 0 saturated carbocycles. The van der Waals surface area contributed by atoms with Crippen LogP contribution < -0.4 is 5.32 Å². The molecule has 0 radical (unpaired) electrons. The van der Waals surface area contributed by atoms with Gasteiger partial charge >= 0.3 is 0 Å². The molecule has 0 aromatic heterocycles. The van der Waals surface area contributed by atoms with E-state index >= 15 is 0 Å². The zero-order valence-corrected chi connectivity index (χ0v) is 12.9. The number of carbonyl (C=O) groups is 2. The normalized spacial score (nSPS) is 18.5. The summed E-state index contributed by atoms with van der Waals surface area (Å²) in [5.41, 5.74) is 1.77. The highest BCUT2D eigenvalue weighted by atomic mass is 35.5. The minimum absolute atomic E-state index is 0.00542. The maximum atomic E-state index is 12.1. The van der Waals surface area contributed by atoms with Crippen LogP contribution in [0.4, 0.5) is 0 Å². The van der Waals surface area contributed by atoms with Crippen LogP contribution in [0.3, 0.4) is 0 Å². The van der Waals surface area contributed by atoms with Gasteiger partial charge in [0.1, 0.15) is 6.04 Å². The second kappa shape index (κ2) is 6.02. The highest BCUT2D eigenvalue weighted by Gasteiger charge is 2.32. The molecule has 0 unspecified atom stereocenters. The van der Waals surface area contributed by atoms with E-state index < -0.39 is 0 Å². The summed E-state index contributed by atoms with van der Waals surface area (Å²) >= 11 is 12.0. The molecule has 2 rings (SSSR count). The van der Waals surface area contributed by atoms with Crippen LogP contribution in [0.15, 0.2) is 12.1 Å². The van der Waals surface area contributed by atoms with Gasteiger partial charge in [-0.25, -0.2) is 0 Å². The number of rotatable bonds is 3. The van der Waals surface area contributed by atoms with Crippen LogP contribution in [0.25, 0.3) is 0 Å². The third-order valence-electron chi connectivity index (χ3n) is 3.62. The standard InChI is InChI=1S/C14H16Cl2N2O2/c1-8-5-9(15)6-11(16)10(8)7-17-14(20)12-3-4-13(19)18(12)2/h5-6,12H,3-4,7H2,1-2H3,(H,17,20)/t12-/m0/s1. The molecule has 0 aliphatic carbocycles. The number of hydrogen-bond acceptors (Lipinski definition) is 2. The van der Waals surface area contributed by atoms with E-state index in [1.807, 2.05) is 6.92 Å². The van der Waals surface area contributed by atoms with E-state index in [0.717, 1.165) is 11.1 Å². The molecule has 1 aromatic rings. The summed E-state index contributed by atoms with van der Waals surface area (Å²) in [6.07, 6.45) is 0.990. The molecule has 0 bridgehead atoms. The molecule has 1 aliphatic heterocycles. The molecule has 1 aromatic carbocycles. The van der Waals surface area contributed by atoms with Crippen LogP contribution in [0.1, 0.15) is 24.0 Å². The number of hydrogen-bond donors (Lipinski definition) is 1. The number of likely N-dealkylation sites (tertiary alicyclic amines) is 1. The van der Waals surface area contributed by atoms with Crippen LogP contribution in [0, 0.1) is 6.92 Å². The lowest BCUT2D eigenvalue weighted by molar-refractivity contribution is -0.133. The average molecular weight is 315 g/mol. The van der Waals surface area contributed by atoms with Crippen molar-refractivity contribution >= 4 is 35.0 Å². The molecule has 6 heteroatoms. The van der Waals surface area contributed by atoms with Gasteiger partial charge in [-0.3, -0.25) is 9.59 Å². The number of aryl methyl sites for hydroxylation is 1. The van der Waals surface area contributed by atoms with Gasteiger partial charge in [0.15, 0.2) is 0 Å². The molecule has 1 N–H and O–H groups in total. The number of halogens is 2. The molecule has 1 saturated heterocycles. The first-order valence-electron chi connectivity index (χ1n) is 6.38. The highest BCUT2D eigenvalue weighted by Crippen LogP contribution is 2.25. The zero-order valence-electron chi connectivity index (χ0n) is 11.4. The van der Waals surface area contributed by atoms with E-state index in [1.165, 1.54) is 4.90 Å². The van der Waals surface area contributed by atoms with Gasteiger partial charge in [0.25, 0.3) is 0 Å². The molecule has 0 spiro atoms. The molecule has 1 atom stereocenters. The number of likely N-dealkylation sites (N-methyl/N-ethyl adjacent to an activating group) is 1. The maximum absolute atomic E-state index is 12.1. The van der Waals surface area contributed by atoms with Crippen LogP contribution in [0.5, 0.6) is 0 Å². The summed E-state index contributed by atoms with van der Waals surface area (Å²) in [4.78, 5) is 25.0. The first kappa shape index (κ1) is 15.1. The lowest BCUT2D eigenvalue weighted by Crippen LogP contribution is -2.42. The third kappa shape index (κ3) is 3.07. The van der Waals surface area contributed by atoms with Crippen molar-refractivity contribution < 1.29 is 9.59 Å². The quantitative estimate of drug-likeness (QED) is 0.932. The van der Waals surface area contributed by atoms with Crippen molar-refractivity contribution in [1.29, 1.82) is 0 Å². The predicted octanol–water partition coefficient (Wildman–Crippen LogP) is 2.54. The van der Waals surface area contributed by atoms with Crippen molar-refractivity contribution in [2.24, 2.45) is 0 Å². The Morgan fingerprint density at radius 3 is 2.70 bits per heavy atom. The maximum Gasteiger partial charge on any atom is 0.243 e. The van der Waals surface area contributed by atoms with Gasteiger partial charge in [-0.2, -0.15) is 0 Å². The molecule has 1 heterocycles. The largest absolute Gasteiger partial charge is 0.350 e. The van der Waals surface area contributed by atoms with E-state index in [4.69, 9.17) is 23.2 Å². The summed E-state index contributed by atoms with van der Waals surface area (Å²) in [5.74, 6) is -0.144. The summed E-state index contributed by atoms with van der Waals surface area (Å²) in [6, 6.07) is 3.08. The fourth-order valence-electron chi connectivity index (χ4n) is 2.36. The van der Waals surface area contributed by atoms with E-state index in [9.17, 15) is 9.59 Å². The van der Waals surface area contributed by atoms with E-state index in [1.54, 1.807) is 19.2 Å². The lowest BCUT2D eigenvalue weighted by Gasteiger charge is -2.19. The Labute approximate surface area is 128 Å². The Kier molecular flexibility index (Phi) is 4.55. The number of carbonyl (C=O) groups excluding carboxylic acids is 2. The molecule has 108 valence electrons. The topological polar surface area (TPSA) is 49.4 Å². The molecule has 20 heavy (non-hydrogen) atoms. The zero-order chi connectivity index (χ0) is 14.9. The van der Waals surface area contributed by atoms with Crippen LogP contribution in [0.2, 0.25) is 10.0 Å². The second-order valence-electron chi connectivity index (χ2n) is 4.96. The minimum Gasteiger partial charge on any atom is -0.350 e. The minimum atomic E-state index is -0.381. The summed E-state index contributed by atoms with van der Waals surface area (Å²) < 4.78 is 0. The molecule has 2 amide bonds. The van der Waals surface area contributed by atoms with Crippen molar-refractivity contribution in [2.45, 2.75) is 32.4 Å². The fourth-order valence-corrected chi connectivity index (χ4v) is 3.02. The first-order chi connectivity index (χ1) is 9.40. The smallest absolute Gasteiger partial charge is 0.243 e. The number of amides is 2. The van der Waals surface area contributed by atoms with Crippen LogP contribution in [-0.2, 0) is 16.1 Å². The molecule has 4 nitrogen and oxygen atoms in total. The van der Waals surface area contributed by atoms with Crippen LogP contribution in [-0.4, -0.2) is 29.8 Å². The van der Waals surface area contributed by atoms with Crippen molar-refractivity contribution in [3.05, 3.63) is 33.3 Å². The lowest BCUT2D eigenvalue weighted by atomic mass is 10.1. The van der Waals surface area contributed by atoms with Gasteiger partial charge < -0.3 is 10.2 Å². The Morgan fingerprint density at radius 1 is 1.45 bits per heavy atom. The van der Waals surface area contributed by atoms with Crippen molar-refractivity contribution in [3.63, 3.8) is 0 Å². The average Bonchev–Trinajstić information content (AvgIpc) is 2.68. The Morgan fingerprint density at radius 2 is 2.15 bits per heavy atom. The first-order valence-corrected chi connectivity index (χ1v) is 7.13. The fraction of sp³-hybridized carbons (Fsp3) is 0.429.